The third-order valence-electron chi connectivity index (χ3n) is 3.42. The van der Waals surface area contributed by atoms with Crippen LogP contribution >= 0.6 is 11.3 Å². The topological polar surface area (TPSA) is 37.4 Å². The Morgan fingerprint density at radius 1 is 1.67 bits per heavy atom. The van der Waals surface area contributed by atoms with Gasteiger partial charge in [0.25, 0.3) is 0 Å². The molecule has 5 heteroatoms. The third-order valence-corrected chi connectivity index (χ3v) is 4.34. The Morgan fingerprint density at radius 2 is 2.50 bits per heavy atom. The van der Waals surface area contributed by atoms with Gasteiger partial charge < -0.3 is 15.0 Å². The molecule has 1 N–H and O–H groups in total. The number of ether oxygens (including phenoxy) is 1. The van der Waals surface area contributed by atoms with E-state index in [4.69, 9.17) is 9.72 Å². The van der Waals surface area contributed by atoms with Crippen molar-refractivity contribution in [1.82, 2.24) is 10.3 Å². The molecule has 2 rings (SSSR count). The predicted octanol–water partition coefficient (Wildman–Crippen LogP) is 2.29. The molecule has 1 aromatic heterocycles. The second kappa shape index (κ2) is 6.50. The van der Waals surface area contributed by atoms with Gasteiger partial charge in [-0.3, -0.25) is 0 Å². The van der Waals surface area contributed by atoms with Crippen molar-refractivity contribution in [2.75, 3.05) is 38.3 Å². The zero-order chi connectivity index (χ0) is 13.0. The van der Waals surface area contributed by atoms with Crippen LogP contribution in [0.4, 0.5) is 5.13 Å². The van der Waals surface area contributed by atoms with E-state index in [1.807, 2.05) is 0 Å². The summed E-state index contributed by atoms with van der Waals surface area (Å²) in [6.07, 6.45) is 1.21. The Kier molecular flexibility index (Phi) is 4.97. The summed E-state index contributed by atoms with van der Waals surface area (Å²) in [7, 11) is 1.78. The lowest BCUT2D eigenvalue weighted by atomic mass is 10.1. The van der Waals surface area contributed by atoms with E-state index in [9.17, 15) is 0 Å². The molecule has 2 heterocycles. The Balaban J connectivity index is 1.94. The second-order valence-electron chi connectivity index (χ2n) is 4.89. The first kappa shape index (κ1) is 13.8. The van der Waals surface area contributed by atoms with E-state index < -0.39 is 0 Å². The molecular formula is C13H23N3OS. The summed E-state index contributed by atoms with van der Waals surface area (Å²) in [5.41, 5.74) is 1.16. The number of hydrogen-bond donors (Lipinski definition) is 1. The van der Waals surface area contributed by atoms with Crippen molar-refractivity contribution in [3.63, 3.8) is 0 Å². The minimum Gasteiger partial charge on any atom is -0.384 e. The van der Waals surface area contributed by atoms with Gasteiger partial charge in [-0.05, 0) is 19.9 Å². The number of nitrogens with one attached hydrogen (secondary N) is 1. The van der Waals surface area contributed by atoms with Crippen LogP contribution in [0.3, 0.4) is 0 Å². The Bertz CT molecular complexity index is 369. The summed E-state index contributed by atoms with van der Waals surface area (Å²) in [6, 6.07) is 0.345. The molecule has 0 saturated carbocycles. The van der Waals surface area contributed by atoms with Gasteiger partial charge in [0.2, 0.25) is 0 Å². The third kappa shape index (κ3) is 3.22. The van der Waals surface area contributed by atoms with Crippen molar-refractivity contribution in [2.24, 2.45) is 5.92 Å². The van der Waals surface area contributed by atoms with Crippen LogP contribution in [0, 0.1) is 5.92 Å². The van der Waals surface area contributed by atoms with Crippen LogP contribution < -0.4 is 10.2 Å². The molecule has 1 aliphatic rings. The fourth-order valence-electron chi connectivity index (χ4n) is 2.41. The Morgan fingerprint density at radius 3 is 3.22 bits per heavy atom. The van der Waals surface area contributed by atoms with Crippen molar-refractivity contribution in [3.05, 3.63) is 11.1 Å². The fourth-order valence-corrected chi connectivity index (χ4v) is 3.37. The molecule has 2 unspecified atom stereocenters. The van der Waals surface area contributed by atoms with E-state index in [0.717, 1.165) is 37.1 Å². The minimum absolute atomic E-state index is 0.345. The summed E-state index contributed by atoms with van der Waals surface area (Å²) >= 11 is 1.76. The van der Waals surface area contributed by atoms with Crippen LogP contribution in [-0.2, 0) is 4.74 Å². The number of aromatic nitrogens is 1. The van der Waals surface area contributed by atoms with Crippen LogP contribution in [-0.4, -0.2) is 38.3 Å². The molecule has 1 aromatic rings. The molecule has 4 nitrogen and oxygen atoms in total. The van der Waals surface area contributed by atoms with Crippen LogP contribution in [0.1, 0.15) is 32.0 Å². The van der Waals surface area contributed by atoms with Crippen LogP contribution in [0.15, 0.2) is 5.38 Å². The number of rotatable bonds is 6. The van der Waals surface area contributed by atoms with Gasteiger partial charge in [-0.15, -0.1) is 11.3 Å². The molecule has 102 valence electrons. The summed E-state index contributed by atoms with van der Waals surface area (Å²) < 4.78 is 5.23. The Labute approximate surface area is 113 Å². The highest BCUT2D eigenvalue weighted by Crippen LogP contribution is 2.28. The average Bonchev–Trinajstić information content (AvgIpc) is 2.97. The number of methoxy groups -OCH3 is 1. The quantitative estimate of drug-likeness (QED) is 0.860. The van der Waals surface area contributed by atoms with E-state index >= 15 is 0 Å². The maximum atomic E-state index is 5.23. The predicted molar refractivity (Wildman–Crippen MR) is 76.4 cm³/mol. The van der Waals surface area contributed by atoms with Crippen molar-refractivity contribution < 1.29 is 4.74 Å². The lowest BCUT2D eigenvalue weighted by molar-refractivity contribution is 0.161. The average molecular weight is 269 g/mol. The van der Waals surface area contributed by atoms with Crippen LogP contribution in [0.2, 0.25) is 0 Å². The first-order valence-corrected chi connectivity index (χ1v) is 7.55. The van der Waals surface area contributed by atoms with E-state index in [0.29, 0.717) is 12.0 Å². The zero-order valence-electron chi connectivity index (χ0n) is 11.5. The lowest BCUT2D eigenvalue weighted by Gasteiger charge is -2.15. The molecule has 18 heavy (non-hydrogen) atoms. The fraction of sp³-hybridized carbons (Fsp3) is 0.769. The lowest BCUT2D eigenvalue weighted by Crippen LogP contribution is -2.21. The first-order valence-electron chi connectivity index (χ1n) is 6.67. The van der Waals surface area contributed by atoms with Gasteiger partial charge >= 0.3 is 0 Å². The second-order valence-corrected chi connectivity index (χ2v) is 5.73. The summed E-state index contributed by atoms with van der Waals surface area (Å²) in [5, 5.41) is 6.73. The van der Waals surface area contributed by atoms with E-state index in [1.54, 1.807) is 18.4 Å². The van der Waals surface area contributed by atoms with Gasteiger partial charge in [-0.25, -0.2) is 4.98 Å². The van der Waals surface area contributed by atoms with Gasteiger partial charge in [-0.1, -0.05) is 6.92 Å². The van der Waals surface area contributed by atoms with Gasteiger partial charge in [0, 0.05) is 37.5 Å². The molecule has 0 aliphatic carbocycles. The van der Waals surface area contributed by atoms with Gasteiger partial charge in [0.15, 0.2) is 5.13 Å². The van der Waals surface area contributed by atoms with Crippen LogP contribution in [0.5, 0.6) is 0 Å². The molecule has 0 spiro atoms. The number of anilines is 1. The standard InChI is InChI=1S/C13H23N3OS/c1-4-14-10(2)12-9-18-13(15-12)16-6-5-11(7-16)8-17-3/h9-11,14H,4-8H2,1-3H3. The van der Waals surface area contributed by atoms with Gasteiger partial charge in [0.05, 0.1) is 12.3 Å². The summed E-state index contributed by atoms with van der Waals surface area (Å²) in [6.45, 7) is 8.32. The normalized spacial score (nSPS) is 21.5. The maximum Gasteiger partial charge on any atom is 0.185 e. The molecule has 0 bridgehead atoms. The highest BCUT2D eigenvalue weighted by molar-refractivity contribution is 7.13. The van der Waals surface area contributed by atoms with Crippen molar-refractivity contribution >= 4 is 16.5 Å². The van der Waals surface area contributed by atoms with Gasteiger partial charge in [-0.2, -0.15) is 0 Å². The molecule has 0 aromatic carbocycles. The number of thiazole rings is 1. The SMILES string of the molecule is CCNC(C)c1csc(N2CCC(COC)C2)n1. The molecule has 0 amide bonds. The molecular weight excluding hydrogens is 246 g/mol. The van der Waals surface area contributed by atoms with E-state index in [1.165, 1.54) is 6.42 Å². The molecule has 1 fully saturated rings. The highest BCUT2D eigenvalue weighted by Gasteiger charge is 2.24. The van der Waals surface area contributed by atoms with Crippen molar-refractivity contribution in [1.29, 1.82) is 0 Å². The number of hydrogen-bond acceptors (Lipinski definition) is 5. The molecule has 0 radical (unpaired) electrons. The van der Waals surface area contributed by atoms with Crippen molar-refractivity contribution in [2.45, 2.75) is 26.3 Å². The minimum atomic E-state index is 0.345. The molecule has 2 atom stereocenters. The van der Waals surface area contributed by atoms with Crippen LogP contribution in [0.25, 0.3) is 0 Å². The Hall–Kier alpha value is -0.650. The summed E-state index contributed by atoms with van der Waals surface area (Å²) in [5.74, 6) is 0.661. The molecule has 1 aliphatic heterocycles. The molecule has 1 saturated heterocycles. The summed E-state index contributed by atoms with van der Waals surface area (Å²) in [4.78, 5) is 7.13. The monoisotopic (exact) mass is 269 g/mol. The first-order chi connectivity index (χ1) is 8.74. The highest BCUT2D eigenvalue weighted by atomic mass is 32.1. The van der Waals surface area contributed by atoms with E-state index in [-0.39, 0.29) is 0 Å². The number of nitrogens with zero attached hydrogens (tertiary/aromatic N) is 2. The van der Waals surface area contributed by atoms with Gasteiger partial charge in [0.1, 0.15) is 0 Å². The van der Waals surface area contributed by atoms with E-state index in [2.05, 4.69) is 29.4 Å². The largest absolute Gasteiger partial charge is 0.384 e. The zero-order valence-corrected chi connectivity index (χ0v) is 12.3. The van der Waals surface area contributed by atoms with Crippen molar-refractivity contribution in [3.8, 4) is 0 Å². The smallest absolute Gasteiger partial charge is 0.185 e. The maximum absolute atomic E-state index is 5.23.